The molecule has 2 amide bonds. The Bertz CT molecular complexity index is 440. The van der Waals surface area contributed by atoms with Crippen LogP contribution in [0.25, 0.3) is 0 Å². The van der Waals surface area contributed by atoms with Crippen LogP contribution in [0.4, 0.5) is 10.5 Å². The summed E-state index contributed by atoms with van der Waals surface area (Å²) in [6, 6.07) is 5.37. The Morgan fingerprint density at radius 2 is 2.18 bits per heavy atom. The van der Waals surface area contributed by atoms with Crippen molar-refractivity contribution in [1.82, 2.24) is 16.1 Å². The number of hydrogen-bond acceptors (Lipinski definition) is 4. The Morgan fingerprint density at radius 3 is 2.71 bits per heavy atom. The van der Waals surface area contributed by atoms with Crippen LogP contribution in [-0.4, -0.2) is 25.2 Å². The summed E-state index contributed by atoms with van der Waals surface area (Å²) < 4.78 is 5.27. The van der Waals surface area contributed by atoms with Gasteiger partial charge in [-0.15, -0.1) is 11.1 Å². The molecular formula is C10H13BrN4O2. The van der Waals surface area contributed by atoms with E-state index in [0.717, 1.165) is 17.0 Å². The average molecular weight is 301 g/mol. The molecule has 0 atom stereocenters. The minimum Gasteiger partial charge on any atom is -0.496 e. The minimum atomic E-state index is -0.180. The van der Waals surface area contributed by atoms with Crippen LogP contribution in [0.2, 0.25) is 0 Å². The summed E-state index contributed by atoms with van der Waals surface area (Å²) in [5.74, 6) is 0.739. The van der Waals surface area contributed by atoms with Crippen molar-refractivity contribution >= 4 is 27.6 Å². The third-order valence-electron chi connectivity index (χ3n) is 2.51. The molecule has 92 valence electrons. The van der Waals surface area contributed by atoms with Crippen molar-refractivity contribution in [2.24, 2.45) is 0 Å². The predicted octanol–water partition coefficient (Wildman–Crippen LogP) is 1.39. The number of benzene rings is 1. The molecule has 1 aliphatic rings. The summed E-state index contributed by atoms with van der Waals surface area (Å²) in [7, 11) is 3.25. The standard InChI is InChI=1S/C10H13BrN4O2/c1-14-10(16)15(13-12-14)8-4-3-5-9(17-2)7(8)6-11/h3-5,12-13H,6H2,1-2H3. The van der Waals surface area contributed by atoms with E-state index in [0.29, 0.717) is 5.33 Å². The number of alkyl halides is 1. The molecule has 1 aromatic rings. The average Bonchev–Trinajstić information content (AvgIpc) is 2.69. The van der Waals surface area contributed by atoms with Crippen molar-refractivity contribution in [1.29, 1.82) is 0 Å². The lowest BCUT2D eigenvalue weighted by molar-refractivity contribution is 0.214. The molecule has 1 aliphatic heterocycles. The second kappa shape index (κ2) is 4.91. The fourth-order valence-electron chi connectivity index (χ4n) is 1.62. The van der Waals surface area contributed by atoms with Gasteiger partial charge in [0.25, 0.3) is 0 Å². The summed E-state index contributed by atoms with van der Waals surface area (Å²) in [6.07, 6.45) is 0. The topological polar surface area (TPSA) is 56.8 Å². The number of ether oxygens (including phenoxy) is 1. The van der Waals surface area contributed by atoms with Gasteiger partial charge in [-0.25, -0.2) is 14.8 Å². The van der Waals surface area contributed by atoms with E-state index >= 15 is 0 Å². The van der Waals surface area contributed by atoms with Gasteiger partial charge >= 0.3 is 6.03 Å². The van der Waals surface area contributed by atoms with Gasteiger partial charge in [0, 0.05) is 17.9 Å². The Morgan fingerprint density at radius 1 is 1.41 bits per heavy atom. The van der Waals surface area contributed by atoms with Gasteiger partial charge in [0.15, 0.2) is 0 Å². The molecule has 6 nitrogen and oxygen atoms in total. The van der Waals surface area contributed by atoms with E-state index in [4.69, 9.17) is 4.74 Å². The second-order valence-corrected chi connectivity index (χ2v) is 4.05. The maximum Gasteiger partial charge on any atom is 0.355 e. The number of methoxy groups -OCH3 is 1. The van der Waals surface area contributed by atoms with Crippen LogP contribution in [0.3, 0.4) is 0 Å². The largest absolute Gasteiger partial charge is 0.496 e. The number of carbonyl (C=O) groups is 1. The first kappa shape index (κ1) is 12.2. The van der Waals surface area contributed by atoms with E-state index in [2.05, 4.69) is 27.0 Å². The lowest BCUT2D eigenvalue weighted by Gasteiger charge is -2.18. The van der Waals surface area contributed by atoms with E-state index < -0.39 is 0 Å². The van der Waals surface area contributed by atoms with Crippen LogP contribution in [0.5, 0.6) is 5.75 Å². The molecule has 1 fully saturated rings. The Balaban J connectivity index is 2.42. The zero-order valence-corrected chi connectivity index (χ0v) is 11.1. The number of nitrogens with one attached hydrogen (secondary N) is 2. The van der Waals surface area contributed by atoms with E-state index in [9.17, 15) is 4.79 Å². The highest BCUT2D eigenvalue weighted by atomic mass is 79.9. The van der Waals surface area contributed by atoms with Gasteiger partial charge in [-0.05, 0) is 12.1 Å². The highest BCUT2D eigenvalue weighted by Crippen LogP contribution is 2.31. The normalized spacial score (nSPS) is 15.6. The number of rotatable bonds is 3. The predicted molar refractivity (Wildman–Crippen MR) is 67.5 cm³/mol. The summed E-state index contributed by atoms with van der Waals surface area (Å²) >= 11 is 3.40. The first-order chi connectivity index (χ1) is 8.19. The van der Waals surface area contributed by atoms with Crippen molar-refractivity contribution in [3.05, 3.63) is 23.8 Å². The van der Waals surface area contributed by atoms with E-state index in [1.54, 1.807) is 14.2 Å². The molecule has 0 saturated carbocycles. The minimum absolute atomic E-state index is 0.180. The van der Waals surface area contributed by atoms with Crippen LogP contribution in [0.1, 0.15) is 5.56 Å². The van der Waals surface area contributed by atoms with Crippen molar-refractivity contribution in [3.63, 3.8) is 0 Å². The Kier molecular flexibility index (Phi) is 3.51. The lowest BCUT2D eigenvalue weighted by Crippen LogP contribution is -2.38. The molecular weight excluding hydrogens is 288 g/mol. The third-order valence-corrected chi connectivity index (χ3v) is 3.07. The fourth-order valence-corrected chi connectivity index (χ4v) is 2.19. The maximum atomic E-state index is 11.8. The number of anilines is 1. The van der Waals surface area contributed by atoms with Crippen molar-refractivity contribution in [2.75, 3.05) is 19.2 Å². The molecule has 0 aromatic heterocycles. The van der Waals surface area contributed by atoms with Crippen molar-refractivity contribution in [3.8, 4) is 5.75 Å². The van der Waals surface area contributed by atoms with Crippen LogP contribution in [-0.2, 0) is 5.33 Å². The molecule has 2 rings (SSSR count). The van der Waals surface area contributed by atoms with Gasteiger partial charge in [0.1, 0.15) is 5.75 Å². The highest BCUT2D eigenvalue weighted by Gasteiger charge is 2.28. The molecule has 0 spiro atoms. The van der Waals surface area contributed by atoms with Crippen LogP contribution < -0.4 is 20.8 Å². The first-order valence-electron chi connectivity index (χ1n) is 5.00. The van der Waals surface area contributed by atoms with Gasteiger partial charge in [0.05, 0.1) is 12.8 Å². The molecule has 7 heteroatoms. The smallest absolute Gasteiger partial charge is 0.355 e. The maximum absolute atomic E-state index is 11.8. The molecule has 0 unspecified atom stereocenters. The summed E-state index contributed by atoms with van der Waals surface area (Å²) in [4.78, 5) is 11.8. The molecule has 1 aromatic carbocycles. The monoisotopic (exact) mass is 300 g/mol. The zero-order valence-electron chi connectivity index (χ0n) is 9.53. The molecule has 17 heavy (non-hydrogen) atoms. The van der Waals surface area contributed by atoms with E-state index in [-0.39, 0.29) is 6.03 Å². The number of carbonyl (C=O) groups excluding carboxylic acids is 1. The third kappa shape index (κ3) is 2.08. The van der Waals surface area contributed by atoms with Gasteiger partial charge in [-0.2, -0.15) is 0 Å². The Hall–Kier alpha value is -1.31. The quantitative estimate of drug-likeness (QED) is 0.828. The number of amides is 2. The van der Waals surface area contributed by atoms with Crippen LogP contribution in [0.15, 0.2) is 18.2 Å². The van der Waals surface area contributed by atoms with Crippen LogP contribution in [0, 0.1) is 0 Å². The van der Waals surface area contributed by atoms with Gasteiger partial charge in [-0.1, -0.05) is 22.0 Å². The summed E-state index contributed by atoms with van der Waals surface area (Å²) in [5, 5.41) is 3.39. The molecule has 1 heterocycles. The number of halogens is 1. The Labute approximate surface area is 108 Å². The second-order valence-electron chi connectivity index (χ2n) is 3.49. The number of hydrogen-bond donors (Lipinski definition) is 2. The SMILES string of the molecule is COc1cccc(N2NNN(C)C2=O)c1CBr. The van der Waals surface area contributed by atoms with Crippen molar-refractivity contribution < 1.29 is 9.53 Å². The van der Waals surface area contributed by atoms with Crippen LogP contribution >= 0.6 is 15.9 Å². The van der Waals surface area contributed by atoms with Gasteiger partial charge in [0.2, 0.25) is 0 Å². The van der Waals surface area contributed by atoms with Gasteiger partial charge < -0.3 is 4.74 Å². The van der Waals surface area contributed by atoms with E-state index in [1.807, 2.05) is 18.2 Å². The van der Waals surface area contributed by atoms with Crippen molar-refractivity contribution in [2.45, 2.75) is 5.33 Å². The van der Waals surface area contributed by atoms with E-state index in [1.165, 1.54) is 10.0 Å². The first-order valence-corrected chi connectivity index (χ1v) is 6.12. The summed E-state index contributed by atoms with van der Waals surface area (Å²) in [5.41, 5.74) is 7.15. The fraction of sp³-hybridized carbons (Fsp3) is 0.300. The molecule has 2 N–H and O–H groups in total. The molecule has 1 saturated heterocycles. The van der Waals surface area contributed by atoms with Gasteiger partial charge in [-0.3, -0.25) is 0 Å². The lowest BCUT2D eigenvalue weighted by atomic mass is 10.2. The molecule has 0 radical (unpaired) electrons. The highest BCUT2D eigenvalue weighted by molar-refractivity contribution is 9.08. The number of urea groups is 1. The number of hydrazine groups is 3. The zero-order chi connectivity index (χ0) is 12.4. The molecule has 0 aliphatic carbocycles. The molecule has 0 bridgehead atoms. The summed E-state index contributed by atoms with van der Waals surface area (Å²) in [6.45, 7) is 0. The number of nitrogens with zero attached hydrogens (tertiary/aromatic N) is 2.